The SMILES string of the molecule is C1=CC2(CNCN2)c2ccccc2OC1. The largest absolute Gasteiger partial charge is 0.489 e. The molecule has 0 aliphatic carbocycles. The molecule has 3 rings (SSSR count). The molecule has 0 bridgehead atoms. The molecule has 1 aromatic rings. The minimum atomic E-state index is -0.0763. The second-order valence-corrected chi connectivity index (χ2v) is 3.96. The Bertz CT molecular complexity index is 394. The van der Waals surface area contributed by atoms with Crippen LogP contribution in [0.3, 0.4) is 0 Å². The first kappa shape index (κ1) is 8.95. The Kier molecular flexibility index (Phi) is 2.01. The van der Waals surface area contributed by atoms with Crippen molar-refractivity contribution in [3.8, 4) is 5.75 Å². The van der Waals surface area contributed by atoms with Crippen LogP contribution in [0.2, 0.25) is 0 Å². The third-order valence-electron chi connectivity index (χ3n) is 3.04. The molecule has 0 aromatic heterocycles. The van der Waals surface area contributed by atoms with Crippen LogP contribution in [0.15, 0.2) is 36.4 Å². The zero-order valence-electron chi connectivity index (χ0n) is 8.49. The number of fused-ring (bicyclic) bond motifs is 2. The van der Waals surface area contributed by atoms with E-state index in [-0.39, 0.29) is 5.54 Å². The molecule has 1 spiro atoms. The maximum absolute atomic E-state index is 5.68. The minimum absolute atomic E-state index is 0.0763. The van der Waals surface area contributed by atoms with Crippen LogP contribution in [0.5, 0.6) is 5.75 Å². The molecule has 0 amide bonds. The number of para-hydroxylation sites is 1. The fraction of sp³-hybridized carbons (Fsp3) is 0.333. The van der Waals surface area contributed by atoms with Crippen molar-refractivity contribution in [1.29, 1.82) is 0 Å². The fourth-order valence-corrected chi connectivity index (χ4v) is 2.29. The number of rotatable bonds is 0. The van der Waals surface area contributed by atoms with Gasteiger partial charge in [0.1, 0.15) is 12.4 Å². The van der Waals surface area contributed by atoms with E-state index < -0.39 is 0 Å². The highest BCUT2D eigenvalue weighted by atomic mass is 16.5. The summed E-state index contributed by atoms with van der Waals surface area (Å²) in [6.45, 7) is 2.42. The van der Waals surface area contributed by atoms with Gasteiger partial charge in [-0.25, -0.2) is 0 Å². The van der Waals surface area contributed by atoms with Gasteiger partial charge in [0, 0.05) is 18.8 Å². The van der Waals surface area contributed by atoms with Crippen molar-refractivity contribution >= 4 is 0 Å². The van der Waals surface area contributed by atoms with E-state index in [0.717, 1.165) is 19.0 Å². The van der Waals surface area contributed by atoms with Crippen LogP contribution in [-0.2, 0) is 5.54 Å². The predicted molar refractivity (Wildman–Crippen MR) is 58.8 cm³/mol. The van der Waals surface area contributed by atoms with Crippen molar-refractivity contribution in [3.63, 3.8) is 0 Å². The van der Waals surface area contributed by atoms with E-state index in [1.165, 1.54) is 5.56 Å². The van der Waals surface area contributed by atoms with Gasteiger partial charge in [-0.1, -0.05) is 24.3 Å². The molecule has 2 aliphatic heterocycles. The van der Waals surface area contributed by atoms with Gasteiger partial charge >= 0.3 is 0 Å². The Balaban J connectivity index is 2.14. The summed E-state index contributed by atoms with van der Waals surface area (Å²) in [6, 6.07) is 8.23. The maximum Gasteiger partial charge on any atom is 0.125 e. The number of ether oxygens (including phenoxy) is 1. The van der Waals surface area contributed by atoms with Gasteiger partial charge < -0.3 is 10.1 Å². The smallest absolute Gasteiger partial charge is 0.125 e. The lowest BCUT2D eigenvalue weighted by atomic mass is 9.90. The number of nitrogens with one attached hydrogen (secondary N) is 2. The molecule has 3 heteroatoms. The average Bonchev–Trinajstić information content (AvgIpc) is 2.66. The summed E-state index contributed by atoms with van der Waals surface area (Å²) >= 11 is 0. The molecule has 1 fully saturated rings. The van der Waals surface area contributed by atoms with Gasteiger partial charge in [0.05, 0.1) is 5.54 Å². The van der Waals surface area contributed by atoms with Crippen molar-refractivity contribution < 1.29 is 4.74 Å². The molecular formula is C12H14N2O. The van der Waals surface area contributed by atoms with Crippen molar-refractivity contribution in [3.05, 3.63) is 42.0 Å². The van der Waals surface area contributed by atoms with E-state index in [4.69, 9.17) is 4.74 Å². The summed E-state index contributed by atoms with van der Waals surface area (Å²) in [6.07, 6.45) is 4.29. The first-order valence-electron chi connectivity index (χ1n) is 5.26. The minimum Gasteiger partial charge on any atom is -0.489 e. The Morgan fingerprint density at radius 2 is 2.20 bits per heavy atom. The summed E-state index contributed by atoms with van der Waals surface area (Å²) in [5.41, 5.74) is 1.15. The van der Waals surface area contributed by atoms with Crippen LogP contribution in [0.25, 0.3) is 0 Å². The molecule has 15 heavy (non-hydrogen) atoms. The zero-order chi connectivity index (χ0) is 10.1. The Hall–Kier alpha value is -1.32. The van der Waals surface area contributed by atoms with Gasteiger partial charge in [-0.05, 0) is 12.1 Å². The molecule has 2 N–H and O–H groups in total. The lowest BCUT2D eigenvalue weighted by Gasteiger charge is -2.25. The summed E-state index contributed by atoms with van der Waals surface area (Å²) in [5, 5.41) is 6.82. The first-order valence-corrected chi connectivity index (χ1v) is 5.26. The van der Waals surface area contributed by atoms with Crippen molar-refractivity contribution in [2.24, 2.45) is 0 Å². The third kappa shape index (κ3) is 1.35. The van der Waals surface area contributed by atoms with E-state index in [2.05, 4.69) is 34.9 Å². The third-order valence-corrected chi connectivity index (χ3v) is 3.04. The normalized spacial score (nSPS) is 28.5. The molecule has 1 saturated heterocycles. The van der Waals surface area contributed by atoms with Crippen molar-refractivity contribution in [2.45, 2.75) is 5.54 Å². The van der Waals surface area contributed by atoms with Gasteiger partial charge in [-0.3, -0.25) is 5.32 Å². The number of hydrogen-bond acceptors (Lipinski definition) is 3. The van der Waals surface area contributed by atoms with E-state index in [1.54, 1.807) is 0 Å². The Morgan fingerprint density at radius 1 is 1.27 bits per heavy atom. The molecule has 78 valence electrons. The molecule has 0 saturated carbocycles. The monoisotopic (exact) mass is 202 g/mol. The van der Waals surface area contributed by atoms with Crippen molar-refractivity contribution in [1.82, 2.24) is 10.6 Å². The van der Waals surface area contributed by atoms with Gasteiger partial charge in [0.25, 0.3) is 0 Å². The Labute approximate surface area is 89.1 Å². The maximum atomic E-state index is 5.68. The lowest BCUT2D eigenvalue weighted by Crippen LogP contribution is -2.37. The summed E-state index contributed by atoms with van der Waals surface area (Å²) < 4.78 is 5.68. The average molecular weight is 202 g/mol. The summed E-state index contributed by atoms with van der Waals surface area (Å²) in [7, 11) is 0. The molecule has 2 heterocycles. The highest BCUT2D eigenvalue weighted by Gasteiger charge is 2.35. The highest BCUT2D eigenvalue weighted by Crippen LogP contribution is 2.34. The summed E-state index contributed by atoms with van der Waals surface area (Å²) in [5.74, 6) is 0.985. The molecule has 1 atom stereocenters. The van der Waals surface area contributed by atoms with E-state index in [0.29, 0.717) is 6.61 Å². The highest BCUT2D eigenvalue weighted by molar-refractivity contribution is 5.44. The van der Waals surface area contributed by atoms with Gasteiger partial charge in [0.15, 0.2) is 0 Å². The second-order valence-electron chi connectivity index (χ2n) is 3.96. The van der Waals surface area contributed by atoms with Crippen LogP contribution in [0, 0.1) is 0 Å². The molecular weight excluding hydrogens is 188 g/mol. The topological polar surface area (TPSA) is 33.3 Å². The van der Waals surface area contributed by atoms with E-state index in [1.807, 2.05) is 12.1 Å². The predicted octanol–water partition coefficient (Wildman–Crippen LogP) is 0.981. The van der Waals surface area contributed by atoms with Gasteiger partial charge in [-0.15, -0.1) is 0 Å². The van der Waals surface area contributed by atoms with Gasteiger partial charge in [0.2, 0.25) is 0 Å². The molecule has 3 nitrogen and oxygen atoms in total. The van der Waals surface area contributed by atoms with Crippen LogP contribution in [0.4, 0.5) is 0 Å². The number of benzene rings is 1. The van der Waals surface area contributed by atoms with Gasteiger partial charge in [-0.2, -0.15) is 0 Å². The molecule has 2 aliphatic rings. The summed E-state index contributed by atoms with van der Waals surface area (Å²) in [4.78, 5) is 0. The number of hydrogen-bond donors (Lipinski definition) is 2. The molecule has 1 aromatic carbocycles. The fourth-order valence-electron chi connectivity index (χ4n) is 2.29. The van der Waals surface area contributed by atoms with Crippen molar-refractivity contribution in [2.75, 3.05) is 19.8 Å². The van der Waals surface area contributed by atoms with Crippen LogP contribution in [-0.4, -0.2) is 19.8 Å². The Morgan fingerprint density at radius 3 is 3.07 bits per heavy atom. The van der Waals surface area contributed by atoms with E-state index in [9.17, 15) is 0 Å². The van der Waals surface area contributed by atoms with E-state index >= 15 is 0 Å². The second kappa shape index (κ2) is 3.36. The molecule has 1 unspecified atom stereocenters. The molecule has 0 radical (unpaired) electrons. The van der Waals surface area contributed by atoms with Crippen LogP contribution >= 0.6 is 0 Å². The standard InChI is InChI=1S/C12H14N2O/c1-2-5-11-10(4-1)12(6-3-7-15-11)8-13-9-14-12/h1-6,13-14H,7-9H2. The first-order chi connectivity index (χ1) is 7.41. The van der Waals surface area contributed by atoms with Crippen LogP contribution in [0.1, 0.15) is 5.56 Å². The van der Waals surface area contributed by atoms with Crippen LogP contribution < -0.4 is 15.4 Å². The zero-order valence-corrected chi connectivity index (χ0v) is 8.49. The lowest BCUT2D eigenvalue weighted by molar-refractivity contribution is 0.358. The quantitative estimate of drug-likeness (QED) is 0.615.